The SMILES string of the molecule is O=C(NCC(=O)N(c1ccccc1Cl)[C@H](C(=O)NCc1ccco1)c1ccccc1)c1ccco1. The van der Waals surface area contributed by atoms with E-state index in [-0.39, 0.29) is 23.9 Å². The van der Waals surface area contributed by atoms with Gasteiger partial charge in [-0.2, -0.15) is 0 Å². The summed E-state index contributed by atoms with van der Waals surface area (Å²) in [4.78, 5) is 40.7. The molecule has 0 saturated carbocycles. The van der Waals surface area contributed by atoms with E-state index in [0.717, 1.165) is 0 Å². The lowest BCUT2D eigenvalue weighted by Gasteiger charge is -2.32. The van der Waals surface area contributed by atoms with Crippen LogP contribution in [-0.4, -0.2) is 24.3 Å². The summed E-state index contributed by atoms with van der Waals surface area (Å²) >= 11 is 6.46. The van der Waals surface area contributed by atoms with Crippen molar-refractivity contribution < 1.29 is 23.2 Å². The minimum Gasteiger partial charge on any atom is -0.467 e. The van der Waals surface area contributed by atoms with E-state index in [0.29, 0.717) is 17.0 Å². The second kappa shape index (κ2) is 11.2. The second-order valence-electron chi connectivity index (χ2n) is 7.49. The van der Waals surface area contributed by atoms with Crippen LogP contribution in [0, 0.1) is 0 Å². The molecule has 4 aromatic rings. The van der Waals surface area contributed by atoms with Gasteiger partial charge in [0.05, 0.1) is 36.3 Å². The number of carbonyl (C=O) groups is 3. The summed E-state index contributed by atoms with van der Waals surface area (Å²) in [5, 5.41) is 5.64. The predicted molar refractivity (Wildman–Crippen MR) is 130 cm³/mol. The number of rotatable bonds is 9. The van der Waals surface area contributed by atoms with Gasteiger partial charge in [-0.1, -0.05) is 54.1 Å². The van der Waals surface area contributed by atoms with Crippen molar-refractivity contribution in [1.29, 1.82) is 0 Å². The molecular formula is C26H22ClN3O5. The maximum Gasteiger partial charge on any atom is 0.287 e. The van der Waals surface area contributed by atoms with Crippen LogP contribution in [0.2, 0.25) is 5.02 Å². The van der Waals surface area contributed by atoms with Crippen LogP contribution < -0.4 is 15.5 Å². The summed E-state index contributed by atoms with van der Waals surface area (Å²) in [5.74, 6) is -0.913. The number of para-hydroxylation sites is 1. The molecule has 0 aliphatic rings. The first-order chi connectivity index (χ1) is 17.0. The average molecular weight is 492 g/mol. The smallest absolute Gasteiger partial charge is 0.287 e. The number of nitrogens with one attached hydrogen (secondary N) is 2. The Morgan fingerprint density at radius 2 is 1.54 bits per heavy atom. The van der Waals surface area contributed by atoms with Crippen molar-refractivity contribution in [2.24, 2.45) is 0 Å². The van der Waals surface area contributed by atoms with Crippen LogP contribution in [-0.2, 0) is 16.1 Å². The molecule has 8 nitrogen and oxygen atoms in total. The van der Waals surface area contributed by atoms with Gasteiger partial charge in [-0.05, 0) is 42.0 Å². The van der Waals surface area contributed by atoms with E-state index >= 15 is 0 Å². The largest absolute Gasteiger partial charge is 0.467 e. The van der Waals surface area contributed by atoms with E-state index in [9.17, 15) is 14.4 Å². The highest BCUT2D eigenvalue weighted by atomic mass is 35.5. The molecule has 0 fully saturated rings. The molecule has 0 bridgehead atoms. The van der Waals surface area contributed by atoms with Gasteiger partial charge in [-0.15, -0.1) is 0 Å². The first-order valence-electron chi connectivity index (χ1n) is 10.8. The van der Waals surface area contributed by atoms with Crippen molar-refractivity contribution in [3.05, 3.63) is 113 Å². The Morgan fingerprint density at radius 1 is 0.829 bits per heavy atom. The molecule has 1 atom stereocenters. The van der Waals surface area contributed by atoms with E-state index < -0.39 is 23.8 Å². The summed E-state index contributed by atoms with van der Waals surface area (Å²) < 4.78 is 10.4. The molecule has 0 saturated heterocycles. The summed E-state index contributed by atoms with van der Waals surface area (Å²) in [6, 6.07) is 21.0. The Hall–Kier alpha value is -4.30. The van der Waals surface area contributed by atoms with Gasteiger partial charge in [0.2, 0.25) is 11.8 Å². The van der Waals surface area contributed by atoms with Gasteiger partial charge < -0.3 is 19.5 Å². The maximum atomic E-state index is 13.5. The Bertz CT molecular complexity index is 1270. The molecule has 2 aromatic carbocycles. The molecule has 0 unspecified atom stereocenters. The monoisotopic (exact) mass is 491 g/mol. The molecule has 0 aliphatic carbocycles. The van der Waals surface area contributed by atoms with Crippen LogP contribution in [0.3, 0.4) is 0 Å². The number of benzene rings is 2. The third-order valence-corrected chi connectivity index (χ3v) is 5.48. The number of hydrogen-bond donors (Lipinski definition) is 2. The molecule has 178 valence electrons. The number of amides is 3. The number of anilines is 1. The van der Waals surface area contributed by atoms with Gasteiger partial charge in [0, 0.05) is 0 Å². The quantitative estimate of drug-likeness (QED) is 0.362. The molecule has 4 rings (SSSR count). The fourth-order valence-electron chi connectivity index (χ4n) is 3.54. The third kappa shape index (κ3) is 5.80. The van der Waals surface area contributed by atoms with Gasteiger partial charge in [0.1, 0.15) is 11.8 Å². The van der Waals surface area contributed by atoms with Crippen molar-refractivity contribution in [2.45, 2.75) is 12.6 Å². The lowest BCUT2D eigenvalue weighted by molar-refractivity contribution is -0.126. The van der Waals surface area contributed by atoms with Crippen molar-refractivity contribution in [1.82, 2.24) is 10.6 Å². The second-order valence-corrected chi connectivity index (χ2v) is 7.89. The maximum absolute atomic E-state index is 13.5. The highest BCUT2D eigenvalue weighted by Gasteiger charge is 2.34. The Labute approximate surface area is 206 Å². The summed E-state index contributed by atoms with van der Waals surface area (Å²) in [6.07, 6.45) is 2.87. The van der Waals surface area contributed by atoms with E-state index in [1.807, 2.05) is 6.07 Å². The van der Waals surface area contributed by atoms with Crippen LogP contribution in [0.1, 0.15) is 27.9 Å². The summed E-state index contributed by atoms with van der Waals surface area (Å²) in [5.41, 5.74) is 0.892. The van der Waals surface area contributed by atoms with E-state index in [2.05, 4.69) is 10.6 Å². The zero-order valence-electron chi connectivity index (χ0n) is 18.5. The van der Waals surface area contributed by atoms with Crippen LogP contribution >= 0.6 is 11.6 Å². The zero-order chi connectivity index (χ0) is 24.6. The summed E-state index contributed by atoms with van der Waals surface area (Å²) in [7, 11) is 0. The minimum atomic E-state index is -1.07. The predicted octanol–water partition coefficient (Wildman–Crippen LogP) is 4.35. The molecule has 0 aliphatic heterocycles. The van der Waals surface area contributed by atoms with Crippen molar-refractivity contribution >= 4 is 35.0 Å². The zero-order valence-corrected chi connectivity index (χ0v) is 19.3. The number of hydrogen-bond acceptors (Lipinski definition) is 5. The molecule has 0 radical (unpaired) electrons. The first-order valence-corrected chi connectivity index (χ1v) is 11.2. The van der Waals surface area contributed by atoms with Crippen molar-refractivity contribution in [3.63, 3.8) is 0 Å². The van der Waals surface area contributed by atoms with E-state index in [1.54, 1.807) is 66.7 Å². The highest BCUT2D eigenvalue weighted by molar-refractivity contribution is 6.34. The normalized spacial score (nSPS) is 11.5. The average Bonchev–Trinajstić information content (AvgIpc) is 3.60. The minimum absolute atomic E-state index is 0.0675. The number of halogens is 1. The molecule has 2 aromatic heterocycles. The molecular weight excluding hydrogens is 470 g/mol. The lowest BCUT2D eigenvalue weighted by atomic mass is 10.0. The van der Waals surface area contributed by atoms with Crippen molar-refractivity contribution in [2.75, 3.05) is 11.4 Å². The van der Waals surface area contributed by atoms with Gasteiger partial charge in [-0.3, -0.25) is 19.3 Å². The number of carbonyl (C=O) groups excluding carboxylic acids is 3. The van der Waals surface area contributed by atoms with E-state index in [1.165, 1.54) is 23.5 Å². The molecule has 3 amide bonds. The molecule has 9 heteroatoms. The topological polar surface area (TPSA) is 105 Å². The Morgan fingerprint density at radius 3 is 2.23 bits per heavy atom. The molecule has 2 N–H and O–H groups in total. The first kappa shape index (κ1) is 23.8. The number of nitrogens with zero attached hydrogens (tertiary/aromatic N) is 1. The van der Waals surface area contributed by atoms with Crippen LogP contribution in [0.4, 0.5) is 5.69 Å². The fourth-order valence-corrected chi connectivity index (χ4v) is 3.76. The summed E-state index contributed by atoms with van der Waals surface area (Å²) in [6.45, 7) is -0.255. The highest BCUT2D eigenvalue weighted by Crippen LogP contribution is 2.33. The standard InChI is InChI=1S/C26H22ClN3O5/c27-20-11-4-5-12-21(20)30(23(31)17-29-25(32)22-13-7-15-35-22)24(18-8-2-1-3-9-18)26(33)28-16-19-10-6-14-34-19/h1-15,24H,16-17H2,(H,28,33)(H,29,32)/t24-/m0/s1. The van der Waals surface area contributed by atoms with Crippen molar-refractivity contribution in [3.8, 4) is 0 Å². The van der Waals surface area contributed by atoms with Gasteiger partial charge in [-0.25, -0.2) is 0 Å². The molecule has 2 heterocycles. The van der Waals surface area contributed by atoms with Gasteiger partial charge in [0.25, 0.3) is 5.91 Å². The Balaban J connectivity index is 1.66. The third-order valence-electron chi connectivity index (χ3n) is 5.16. The Kier molecular flexibility index (Phi) is 7.64. The van der Waals surface area contributed by atoms with Gasteiger partial charge in [0.15, 0.2) is 5.76 Å². The lowest BCUT2D eigenvalue weighted by Crippen LogP contribution is -2.47. The van der Waals surface area contributed by atoms with E-state index in [4.69, 9.17) is 20.4 Å². The fraction of sp³-hybridized carbons (Fsp3) is 0.115. The van der Waals surface area contributed by atoms with Crippen LogP contribution in [0.5, 0.6) is 0 Å². The van der Waals surface area contributed by atoms with Crippen LogP contribution in [0.15, 0.2) is 100 Å². The molecule has 35 heavy (non-hydrogen) atoms. The molecule has 0 spiro atoms. The number of furan rings is 2. The van der Waals surface area contributed by atoms with Crippen LogP contribution in [0.25, 0.3) is 0 Å². The van der Waals surface area contributed by atoms with Gasteiger partial charge >= 0.3 is 0 Å².